The van der Waals surface area contributed by atoms with E-state index in [9.17, 15) is 12.8 Å². The highest BCUT2D eigenvalue weighted by Crippen LogP contribution is 2.19. The van der Waals surface area contributed by atoms with Crippen LogP contribution in [0.3, 0.4) is 0 Å². The van der Waals surface area contributed by atoms with Gasteiger partial charge < -0.3 is 9.30 Å². The zero-order chi connectivity index (χ0) is 17.9. The van der Waals surface area contributed by atoms with E-state index < -0.39 is 10.0 Å². The van der Waals surface area contributed by atoms with Gasteiger partial charge in [0.1, 0.15) is 5.82 Å². The second kappa shape index (κ2) is 7.47. The first-order chi connectivity index (χ1) is 12.0. The van der Waals surface area contributed by atoms with Crippen LogP contribution in [0.5, 0.6) is 0 Å². The third-order valence-corrected chi connectivity index (χ3v) is 5.99. The van der Waals surface area contributed by atoms with Crippen LogP contribution in [0.15, 0.2) is 57.8 Å². The number of aromatic nitrogens is 1. The Morgan fingerprint density at radius 2 is 1.96 bits per heavy atom. The van der Waals surface area contributed by atoms with E-state index in [0.717, 1.165) is 16.9 Å². The van der Waals surface area contributed by atoms with Crippen molar-refractivity contribution in [3.8, 4) is 0 Å². The number of sulfonamides is 1. The maximum atomic E-state index is 13.5. The van der Waals surface area contributed by atoms with Crippen molar-refractivity contribution in [1.29, 1.82) is 0 Å². The van der Waals surface area contributed by atoms with Gasteiger partial charge in [0, 0.05) is 13.2 Å². The highest BCUT2D eigenvalue weighted by molar-refractivity contribution is 7.90. The van der Waals surface area contributed by atoms with Gasteiger partial charge in [-0.2, -0.15) is 8.42 Å². The monoisotopic (exact) mass is 380 g/mol. The summed E-state index contributed by atoms with van der Waals surface area (Å²) in [4.78, 5) is 0.416. The first-order valence-electron chi connectivity index (χ1n) is 7.74. The molecule has 0 saturated carbocycles. The Bertz CT molecular complexity index is 1040. The van der Waals surface area contributed by atoms with Gasteiger partial charge in [0.15, 0.2) is 0 Å². The molecule has 25 heavy (non-hydrogen) atoms. The molecule has 0 radical (unpaired) electrons. The van der Waals surface area contributed by atoms with E-state index >= 15 is 0 Å². The van der Waals surface area contributed by atoms with E-state index in [2.05, 4.69) is 4.40 Å². The van der Waals surface area contributed by atoms with Gasteiger partial charge >= 0.3 is 0 Å². The molecule has 0 fully saturated rings. The van der Waals surface area contributed by atoms with Gasteiger partial charge in [-0.25, -0.2) is 4.39 Å². The Hall–Kier alpha value is -2.03. The number of rotatable bonds is 6. The summed E-state index contributed by atoms with van der Waals surface area (Å²) in [6.07, 6.45) is 0. The summed E-state index contributed by atoms with van der Waals surface area (Å²) in [6, 6.07) is 12.4. The van der Waals surface area contributed by atoms with E-state index in [4.69, 9.17) is 4.74 Å². The second-order valence-electron chi connectivity index (χ2n) is 5.22. The van der Waals surface area contributed by atoms with Crippen LogP contribution >= 0.6 is 11.3 Å². The standard InChI is InChI=1S/C17H17FN2O3S2/c1-2-23-11-10-20-15-9-8-13(18)12-16(15)24-17(20)19-25(21,22)14-6-4-3-5-7-14/h3-9,12H,2,10-11H2,1H3/b19-17-. The molecule has 0 atom stereocenters. The molecule has 8 heteroatoms. The van der Waals surface area contributed by atoms with Gasteiger partial charge in [0.05, 0.1) is 21.7 Å². The van der Waals surface area contributed by atoms with E-state index in [1.165, 1.54) is 24.3 Å². The molecule has 0 amide bonds. The predicted octanol–water partition coefficient (Wildman–Crippen LogP) is 3.17. The zero-order valence-electron chi connectivity index (χ0n) is 13.6. The largest absolute Gasteiger partial charge is 0.380 e. The van der Waals surface area contributed by atoms with Crippen molar-refractivity contribution in [3.63, 3.8) is 0 Å². The minimum absolute atomic E-state index is 0.120. The quantitative estimate of drug-likeness (QED) is 0.617. The number of thiazole rings is 1. The van der Waals surface area contributed by atoms with Gasteiger partial charge in [-0.1, -0.05) is 29.5 Å². The van der Waals surface area contributed by atoms with Crippen molar-refractivity contribution in [2.75, 3.05) is 13.2 Å². The molecule has 132 valence electrons. The van der Waals surface area contributed by atoms with Crippen LogP contribution in [0.1, 0.15) is 6.92 Å². The maximum Gasteiger partial charge on any atom is 0.285 e. The minimum atomic E-state index is -3.84. The number of ether oxygens (including phenoxy) is 1. The average molecular weight is 380 g/mol. The highest BCUT2D eigenvalue weighted by Gasteiger charge is 2.14. The van der Waals surface area contributed by atoms with Crippen molar-refractivity contribution in [2.45, 2.75) is 18.4 Å². The van der Waals surface area contributed by atoms with Crippen molar-refractivity contribution >= 4 is 31.6 Å². The zero-order valence-corrected chi connectivity index (χ0v) is 15.2. The van der Waals surface area contributed by atoms with E-state index in [1.54, 1.807) is 28.8 Å². The normalized spacial score (nSPS) is 12.8. The number of hydrogen-bond donors (Lipinski definition) is 0. The first-order valence-corrected chi connectivity index (χ1v) is 9.99. The molecule has 0 bridgehead atoms. The van der Waals surface area contributed by atoms with Crippen molar-refractivity contribution in [3.05, 3.63) is 59.1 Å². The molecule has 1 aromatic heterocycles. The van der Waals surface area contributed by atoms with Gasteiger partial charge in [0.25, 0.3) is 10.0 Å². The summed E-state index contributed by atoms with van der Waals surface area (Å²) in [5, 5.41) is 0. The van der Waals surface area contributed by atoms with Gasteiger partial charge in [-0.15, -0.1) is 4.40 Å². The van der Waals surface area contributed by atoms with Crippen LogP contribution in [0, 0.1) is 5.82 Å². The summed E-state index contributed by atoms with van der Waals surface area (Å²) in [5.74, 6) is -0.372. The molecule has 2 aromatic carbocycles. The maximum absolute atomic E-state index is 13.5. The third-order valence-electron chi connectivity index (χ3n) is 3.55. The summed E-state index contributed by atoms with van der Waals surface area (Å²) in [7, 11) is -3.84. The Kier molecular flexibility index (Phi) is 5.31. The van der Waals surface area contributed by atoms with Crippen molar-refractivity contribution < 1.29 is 17.5 Å². The molecular formula is C17H17FN2O3S2. The molecular weight excluding hydrogens is 363 g/mol. The van der Waals surface area contributed by atoms with Crippen molar-refractivity contribution in [2.24, 2.45) is 4.40 Å². The second-order valence-corrected chi connectivity index (χ2v) is 7.84. The molecule has 1 heterocycles. The SMILES string of the molecule is CCOCCn1/c(=N/S(=O)(=O)c2ccccc2)sc2cc(F)ccc21. The molecule has 0 aliphatic heterocycles. The molecule has 3 aromatic rings. The molecule has 0 spiro atoms. The van der Waals surface area contributed by atoms with Gasteiger partial charge in [-0.05, 0) is 37.3 Å². The molecule has 5 nitrogen and oxygen atoms in total. The lowest BCUT2D eigenvalue weighted by Crippen LogP contribution is -2.19. The van der Waals surface area contributed by atoms with Crippen LogP contribution in [0.2, 0.25) is 0 Å². The number of benzene rings is 2. The Balaban J connectivity index is 2.15. The summed E-state index contributed by atoms with van der Waals surface area (Å²) < 4.78 is 50.3. The Labute approximate surface area is 149 Å². The third kappa shape index (κ3) is 3.97. The molecule has 0 unspecified atom stereocenters. The number of nitrogens with zero attached hydrogens (tertiary/aromatic N) is 2. The first kappa shape index (κ1) is 17.8. The predicted molar refractivity (Wildman–Crippen MR) is 95.5 cm³/mol. The Morgan fingerprint density at radius 3 is 2.68 bits per heavy atom. The highest BCUT2D eigenvalue weighted by atomic mass is 32.2. The summed E-state index contributed by atoms with van der Waals surface area (Å²) in [5.41, 5.74) is 0.730. The smallest absolute Gasteiger partial charge is 0.285 e. The van der Waals surface area contributed by atoms with E-state index in [-0.39, 0.29) is 10.7 Å². The fourth-order valence-electron chi connectivity index (χ4n) is 2.38. The molecule has 0 aliphatic carbocycles. The van der Waals surface area contributed by atoms with E-state index in [1.807, 2.05) is 6.92 Å². The Morgan fingerprint density at radius 1 is 1.20 bits per heavy atom. The summed E-state index contributed by atoms with van der Waals surface area (Å²) >= 11 is 1.14. The fourth-order valence-corrected chi connectivity index (χ4v) is 4.69. The number of hydrogen-bond acceptors (Lipinski definition) is 4. The lowest BCUT2D eigenvalue weighted by molar-refractivity contribution is 0.139. The van der Waals surface area contributed by atoms with Crippen LogP contribution in [0.4, 0.5) is 4.39 Å². The minimum Gasteiger partial charge on any atom is -0.380 e. The lowest BCUT2D eigenvalue weighted by atomic mass is 10.3. The van der Waals surface area contributed by atoms with E-state index in [0.29, 0.717) is 29.3 Å². The van der Waals surface area contributed by atoms with Gasteiger partial charge in [0.2, 0.25) is 4.80 Å². The van der Waals surface area contributed by atoms with Crippen LogP contribution < -0.4 is 4.80 Å². The number of halogens is 1. The van der Waals surface area contributed by atoms with Gasteiger partial charge in [-0.3, -0.25) is 0 Å². The van der Waals surface area contributed by atoms with Crippen LogP contribution in [-0.4, -0.2) is 26.2 Å². The summed E-state index contributed by atoms with van der Waals surface area (Å²) in [6.45, 7) is 3.30. The molecule has 0 saturated heterocycles. The molecule has 3 rings (SSSR count). The fraction of sp³-hybridized carbons (Fsp3) is 0.235. The topological polar surface area (TPSA) is 60.7 Å². The average Bonchev–Trinajstić information content (AvgIpc) is 2.91. The molecule has 0 N–H and O–H groups in total. The van der Waals surface area contributed by atoms with Crippen LogP contribution in [0.25, 0.3) is 10.2 Å². The van der Waals surface area contributed by atoms with Crippen molar-refractivity contribution in [1.82, 2.24) is 4.57 Å². The van der Waals surface area contributed by atoms with Crippen LogP contribution in [-0.2, 0) is 21.3 Å². The number of fused-ring (bicyclic) bond motifs is 1. The molecule has 0 aliphatic rings. The lowest BCUT2D eigenvalue weighted by Gasteiger charge is -2.05.